The highest BCUT2D eigenvalue weighted by molar-refractivity contribution is 5.95. The van der Waals surface area contributed by atoms with Crippen LogP contribution in [0.5, 0.6) is 11.5 Å². The first-order valence-corrected chi connectivity index (χ1v) is 11.2. The Balaban J connectivity index is 1.71. The fourth-order valence-electron chi connectivity index (χ4n) is 3.78. The molecular weight excluding hydrogens is 430 g/mol. The first kappa shape index (κ1) is 24.5. The van der Waals surface area contributed by atoms with Crippen molar-refractivity contribution in [3.8, 4) is 11.5 Å². The van der Waals surface area contributed by atoms with Crippen LogP contribution in [0.2, 0.25) is 0 Å². The van der Waals surface area contributed by atoms with Crippen molar-refractivity contribution in [3.63, 3.8) is 0 Å². The Labute approximate surface area is 193 Å². The van der Waals surface area contributed by atoms with Crippen molar-refractivity contribution >= 4 is 11.8 Å². The fourth-order valence-corrected chi connectivity index (χ4v) is 3.78. The summed E-state index contributed by atoms with van der Waals surface area (Å²) < 4.78 is 38.2. The zero-order valence-electron chi connectivity index (χ0n) is 19.3. The minimum absolute atomic E-state index is 0.0719. The third-order valence-electron chi connectivity index (χ3n) is 5.88. The van der Waals surface area contributed by atoms with Gasteiger partial charge in [-0.15, -0.1) is 0 Å². The van der Waals surface area contributed by atoms with Crippen LogP contribution in [0.3, 0.4) is 0 Å². The Bertz CT molecular complexity index is 992. The van der Waals surface area contributed by atoms with Crippen LogP contribution in [0, 0.1) is 11.6 Å². The maximum Gasteiger partial charge on any atom is 0.260 e. The molecule has 6 nitrogen and oxygen atoms in total. The second-order valence-electron chi connectivity index (χ2n) is 8.09. The van der Waals surface area contributed by atoms with Crippen LogP contribution in [0.15, 0.2) is 36.4 Å². The van der Waals surface area contributed by atoms with Crippen LogP contribution < -0.4 is 9.47 Å². The monoisotopic (exact) mass is 460 g/mol. The van der Waals surface area contributed by atoms with E-state index in [1.165, 1.54) is 11.0 Å². The van der Waals surface area contributed by atoms with Gasteiger partial charge in [0.25, 0.3) is 11.8 Å². The van der Waals surface area contributed by atoms with Gasteiger partial charge in [-0.1, -0.05) is 6.07 Å². The van der Waals surface area contributed by atoms with E-state index < -0.39 is 17.7 Å². The van der Waals surface area contributed by atoms with Gasteiger partial charge in [-0.3, -0.25) is 9.59 Å². The highest BCUT2D eigenvalue weighted by atomic mass is 19.2. The predicted octanol–water partition coefficient (Wildman–Crippen LogP) is 4.59. The summed E-state index contributed by atoms with van der Waals surface area (Å²) in [5.74, 6) is -1.53. The summed E-state index contributed by atoms with van der Waals surface area (Å²) >= 11 is 0. The molecule has 33 heavy (non-hydrogen) atoms. The number of benzene rings is 2. The van der Waals surface area contributed by atoms with Gasteiger partial charge in [-0.2, -0.15) is 0 Å². The van der Waals surface area contributed by atoms with Crippen LogP contribution in [-0.2, 0) is 4.79 Å². The molecule has 0 aromatic heterocycles. The Kier molecular flexibility index (Phi) is 8.25. The standard InChI is InChI=1S/C25H30F2N2O4/c1-4-32-23-15-19(9-11-22(23)33-16-24(30)29-12-6-5-7-13-29)25(31)28(3)17(2)18-8-10-20(26)21(27)14-18/h8-11,14-15,17H,4-7,12-13,16H2,1-3H3. The number of nitrogens with zero attached hydrogens (tertiary/aromatic N) is 2. The van der Waals surface area contributed by atoms with Gasteiger partial charge in [0.2, 0.25) is 0 Å². The smallest absolute Gasteiger partial charge is 0.260 e. The molecule has 0 bridgehead atoms. The molecule has 0 radical (unpaired) electrons. The minimum atomic E-state index is -0.959. The third kappa shape index (κ3) is 6.00. The molecule has 178 valence electrons. The van der Waals surface area contributed by atoms with Gasteiger partial charge in [0.15, 0.2) is 29.7 Å². The maximum atomic E-state index is 13.6. The van der Waals surface area contributed by atoms with Crippen molar-refractivity contribution in [1.82, 2.24) is 9.80 Å². The summed E-state index contributed by atoms with van der Waals surface area (Å²) in [6, 6.07) is 7.88. The van der Waals surface area contributed by atoms with E-state index in [0.717, 1.165) is 44.5 Å². The van der Waals surface area contributed by atoms with E-state index in [2.05, 4.69) is 0 Å². The first-order chi connectivity index (χ1) is 15.8. The van der Waals surface area contributed by atoms with Crippen LogP contribution in [0.1, 0.15) is 55.1 Å². The molecule has 1 heterocycles. The Morgan fingerprint density at radius 2 is 1.73 bits per heavy atom. The predicted molar refractivity (Wildman–Crippen MR) is 120 cm³/mol. The number of hydrogen-bond donors (Lipinski definition) is 0. The number of carbonyl (C=O) groups excluding carboxylic acids is 2. The summed E-state index contributed by atoms with van der Waals surface area (Å²) in [7, 11) is 1.59. The number of rotatable bonds is 8. The zero-order chi connectivity index (χ0) is 24.0. The molecule has 0 spiro atoms. The lowest BCUT2D eigenvalue weighted by atomic mass is 10.1. The van der Waals surface area contributed by atoms with Crippen LogP contribution in [-0.4, -0.2) is 55.0 Å². The quantitative estimate of drug-likeness (QED) is 0.578. The lowest BCUT2D eigenvalue weighted by Crippen LogP contribution is -2.38. The second kappa shape index (κ2) is 11.1. The summed E-state index contributed by atoms with van der Waals surface area (Å²) in [5, 5.41) is 0. The minimum Gasteiger partial charge on any atom is -0.490 e. The molecule has 0 N–H and O–H groups in total. The van der Waals surface area contributed by atoms with E-state index in [-0.39, 0.29) is 18.4 Å². The van der Waals surface area contributed by atoms with Crippen molar-refractivity contribution in [2.75, 3.05) is 33.4 Å². The molecule has 8 heteroatoms. The number of halogens is 2. The molecule has 0 saturated carbocycles. The summed E-state index contributed by atoms with van der Waals surface area (Å²) in [4.78, 5) is 28.7. The van der Waals surface area contributed by atoms with Gasteiger partial charge < -0.3 is 19.3 Å². The molecule has 1 atom stereocenters. The number of ether oxygens (including phenoxy) is 2. The second-order valence-corrected chi connectivity index (χ2v) is 8.09. The molecule has 2 aromatic rings. The topological polar surface area (TPSA) is 59.1 Å². The van der Waals surface area contributed by atoms with Crippen molar-refractivity contribution in [3.05, 3.63) is 59.2 Å². The van der Waals surface area contributed by atoms with Crippen molar-refractivity contribution in [2.45, 2.75) is 39.2 Å². The number of amides is 2. The fraction of sp³-hybridized carbons (Fsp3) is 0.440. The van der Waals surface area contributed by atoms with Crippen molar-refractivity contribution in [2.24, 2.45) is 0 Å². The Morgan fingerprint density at radius 3 is 2.39 bits per heavy atom. The number of hydrogen-bond acceptors (Lipinski definition) is 4. The van der Waals surface area contributed by atoms with Gasteiger partial charge >= 0.3 is 0 Å². The molecule has 1 aliphatic heterocycles. The van der Waals surface area contributed by atoms with Gasteiger partial charge in [-0.25, -0.2) is 8.78 Å². The number of carbonyl (C=O) groups is 2. The van der Waals surface area contributed by atoms with Crippen LogP contribution in [0.4, 0.5) is 8.78 Å². The molecule has 1 saturated heterocycles. The average molecular weight is 461 g/mol. The molecule has 1 fully saturated rings. The number of likely N-dealkylation sites (tertiary alicyclic amines) is 1. The Morgan fingerprint density at radius 1 is 1.00 bits per heavy atom. The summed E-state index contributed by atoms with van der Waals surface area (Å²) in [6.45, 7) is 5.30. The van der Waals surface area contributed by atoms with Gasteiger partial charge in [0.05, 0.1) is 12.6 Å². The lowest BCUT2D eigenvalue weighted by molar-refractivity contribution is -0.134. The van der Waals surface area contributed by atoms with E-state index in [0.29, 0.717) is 29.2 Å². The molecular formula is C25H30F2N2O4. The molecule has 1 unspecified atom stereocenters. The zero-order valence-corrected chi connectivity index (χ0v) is 19.3. The molecule has 1 aliphatic rings. The van der Waals surface area contributed by atoms with Crippen molar-refractivity contribution < 1.29 is 27.8 Å². The number of piperidine rings is 1. The highest BCUT2D eigenvalue weighted by Crippen LogP contribution is 2.30. The first-order valence-electron chi connectivity index (χ1n) is 11.2. The maximum absolute atomic E-state index is 13.6. The Hall–Kier alpha value is -3.16. The third-order valence-corrected chi connectivity index (χ3v) is 5.88. The molecule has 2 aromatic carbocycles. The SMILES string of the molecule is CCOc1cc(C(=O)N(C)C(C)c2ccc(F)c(F)c2)ccc1OCC(=O)N1CCCCC1. The molecule has 3 rings (SSSR count). The molecule has 0 aliphatic carbocycles. The van der Waals surface area contributed by atoms with Gasteiger partial charge in [0, 0.05) is 25.7 Å². The van der Waals surface area contributed by atoms with Crippen LogP contribution in [0.25, 0.3) is 0 Å². The molecule has 2 amide bonds. The largest absolute Gasteiger partial charge is 0.490 e. The van der Waals surface area contributed by atoms with Gasteiger partial charge in [0.1, 0.15) is 0 Å². The lowest BCUT2D eigenvalue weighted by Gasteiger charge is -2.27. The van der Waals surface area contributed by atoms with E-state index in [1.54, 1.807) is 37.1 Å². The van der Waals surface area contributed by atoms with E-state index in [9.17, 15) is 18.4 Å². The normalized spacial score (nSPS) is 14.5. The van der Waals surface area contributed by atoms with E-state index in [4.69, 9.17) is 9.47 Å². The van der Waals surface area contributed by atoms with E-state index in [1.807, 2.05) is 6.92 Å². The van der Waals surface area contributed by atoms with E-state index >= 15 is 0 Å². The summed E-state index contributed by atoms with van der Waals surface area (Å²) in [6.07, 6.45) is 3.14. The van der Waals surface area contributed by atoms with Crippen molar-refractivity contribution in [1.29, 1.82) is 0 Å². The average Bonchev–Trinajstić information content (AvgIpc) is 2.84. The van der Waals surface area contributed by atoms with Crippen LogP contribution >= 0.6 is 0 Å². The highest BCUT2D eigenvalue weighted by Gasteiger charge is 2.22. The summed E-state index contributed by atoms with van der Waals surface area (Å²) in [5.41, 5.74) is 0.830. The van der Waals surface area contributed by atoms with Gasteiger partial charge in [-0.05, 0) is 69.0 Å².